The summed E-state index contributed by atoms with van der Waals surface area (Å²) < 4.78 is 10.8. The lowest BCUT2D eigenvalue weighted by molar-refractivity contribution is -0.185. The zero-order chi connectivity index (χ0) is 11.1. The first kappa shape index (κ1) is 12.2. The van der Waals surface area contributed by atoms with Gasteiger partial charge in [-0.2, -0.15) is 0 Å². The van der Waals surface area contributed by atoms with Crippen molar-refractivity contribution in [2.24, 2.45) is 0 Å². The highest BCUT2D eigenvalue weighted by atomic mass is 16.7. The molecule has 2 atom stereocenters. The number of hydrogen-bond donors (Lipinski definition) is 0. The van der Waals surface area contributed by atoms with E-state index < -0.39 is 0 Å². The smallest absolute Gasteiger partial charge is 0.304 e. The summed E-state index contributed by atoms with van der Waals surface area (Å²) in [6.07, 6.45) is 8.92. The molecule has 0 saturated carbocycles. The van der Waals surface area contributed by atoms with Crippen LogP contribution in [0, 0.1) is 0 Å². The van der Waals surface area contributed by atoms with E-state index >= 15 is 0 Å². The maximum Gasteiger partial charge on any atom is 0.304 e. The first-order valence-corrected chi connectivity index (χ1v) is 5.70. The van der Waals surface area contributed by atoms with Gasteiger partial charge in [0.2, 0.25) is 6.29 Å². The maximum atomic E-state index is 10.8. The van der Waals surface area contributed by atoms with E-state index in [1.165, 1.54) is 13.3 Å². The summed E-state index contributed by atoms with van der Waals surface area (Å²) >= 11 is 0. The van der Waals surface area contributed by atoms with Gasteiger partial charge < -0.3 is 9.47 Å². The Kier molecular flexibility index (Phi) is 5.40. The second-order valence-corrected chi connectivity index (χ2v) is 3.88. The van der Waals surface area contributed by atoms with Gasteiger partial charge in [-0.1, -0.05) is 31.9 Å². The van der Waals surface area contributed by atoms with Crippen LogP contribution >= 0.6 is 0 Å². The van der Waals surface area contributed by atoms with Crippen LogP contribution in [0.5, 0.6) is 0 Å². The van der Waals surface area contributed by atoms with Crippen LogP contribution in [0.2, 0.25) is 0 Å². The summed E-state index contributed by atoms with van der Waals surface area (Å²) in [5, 5.41) is 0. The third kappa shape index (κ3) is 4.98. The molecule has 0 aromatic carbocycles. The van der Waals surface area contributed by atoms with Crippen molar-refractivity contribution in [3.63, 3.8) is 0 Å². The van der Waals surface area contributed by atoms with Crippen molar-refractivity contribution in [3.05, 3.63) is 12.2 Å². The average molecular weight is 212 g/mol. The Morgan fingerprint density at radius 3 is 2.87 bits per heavy atom. The number of rotatable bonds is 4. The van der Waals surface area contributed by atoms with Gasteiger partial charge in [0, 0.05) is 13.3 Å². The monoisotopic (exact) mass is 212 g/mol. The lowest BCUT2D eigenvalue weighted by atomic mass is 10.1. The van der Waals surface area contributed by atoms with E-state index in [0.717, 1.165) is 19.3 Å². The second kappa shape index (κ2) is 6.62. The molecule has 0 fully saturated rings. The van der Waals surface area contributed by atoms with E-state index in [2.05, 4.69) is 13.0 Å². The molecule has 1 aliphatic rings. The maximum absolute atomic E-state index is 10.8. The largest absolute Gasteiger partial charge is 0.436 e. The lowest BCUT2D eigenvalue weighted by Gasteiger charge is -2.21. The summed E-state index contributed by atoms with van der Waals surface area (Å²) in [6.45, 7) is 3.58. The molecular weight excluding hydrogens is 192 g/mol. The van der Waals surface area contributed by atoms with E-state index in [4.69, 9.17) is 9.47 Å². The fraction of sp³-hybridized carbons (Fsp3) is 0.750. The van der Waals surface area contributed by atoms with Crippen molar-refractivity contribution >= 4 is 5.97 Å². The van der Waals surface area contributed by atoms with E-state index in [0.29, 0.717) is 6.42 Å². The van der Waals surface area contributed by atoms with Crippen molar-refractivity contribution in [3.8, 4) is 0 Å². The Morgan fingerprint density at radius 1 is 1.47 bits per heavy atom. The minimum Gasteiger partial charge on any atom is -0.436 e. The van der Waals surface area contributed by atoms with Crippen LogP contribution in [0.1, 0.15) is 46.0 Å². The quantitative estimate of drug-likeness (QED) is 0.531. The minimum atomic E-state index is -0.386. The Labute approximate surface area is 91.4 Å². The fourth-order valence-corrected chi connectivity index (χ4v) is 1.66. The van der Waals surface area contributed by atoms with Gasteiger partial charge >= 0.3 is 5.97 Å². The average Bonchev–Trinajstić information content (AvgIpc) is 2.39. The number of esters is 1. The van der Waals surface area contributed by atoms with Crippen LogP contribution in [-0.2, 0) is 14.3 Å². The third-order valence-corrected chi connectivity index (χ3v) is 2.42. The van der Waals surface area contributed by atoms with Crippen LogP contribution < -0.4 is 0 Å². The number of hydrogen-bond acceptors (Lipinski definition) is 3. The van der Waals surface area contributed by atoms with Gasteiger partial charge in [-0.3, -0.25) is 4.79 Å². The SMILES string of the molecule is CCCCC1CC=CCC(OC(C)=O)O1. The highest BCUT2D eigenvalue weighted by molar-refractivity contribution is 5.66. The van der Waals surface area contributed by atoms with Crippen LogP contribution in [0.3, 0.4) is 0 Å². The van der Waals surface area contributed by atoms with Crippen LogP contribution in [-0.4, -0.2) is 18.4 Å². The zero-order valence-corrected chi connectivity index (χ0v) is 9.57. The molecule has 3 heteroatoms. The second-order valence-electron chi connectivity index (χ2n) is 3.88. The predicted molar refractivity (Wildman–Crippen MR) is 58.3 cm³/mol. The Bertz CT molecular complexity index is 223. The van der Waals surface area contributed by atoms with Crippen molar-refractivity contribution in [1.82, 2.24) is 0 Å². The zero-order valence-electron chi connectivity index (χ0n) is 9.57. The van der Waals surface area contributed by atoms with Gasteiger partial charge in [0.05, 0.1) is 6.10 Å². The number of carbonyl (C=O) groups excluding carboxylic acids is 1. The molecule has 0 amide bonds. The lowest BCUT2D eigenvalue weighted by Crippen LogP contribution is -2.24. The molecule has 0 saturated heterocycles. The van der Waals surface area contributed by atoms with Crippen LogP contribution in [0.25, 0.3) is 0 Å². The van der Waals surface area contributed by atoms with Gasteiger partial charge in [0.15, 0.2) is 0 Å². The van der Waals surface area contributed by atoms with Gasteiger partial charge in [-0.15, -0.1) is 0 Å². The molecule has 3 nitrogen and oxygen atoms in total. The molecule has 86 valence electrons. The Morgan fingerprint density at radius 2 is 2.20 bits per heavy atom. The van der Waals surface area contributed by atoms with E-state index in [1.54, 1.807) is 0 Å². The Balaban J connectivity index is 2.39. The molecule has 0 aromatic heterocycles. The van der Waals surface area contributed by atoms with Gasteiger partial charge in [-0.05, 0) is 12.8 Å². The number of unbranched alkanes of at least 4 members (excludes halogenated alkanes) is 1. The molecule has 0 aliphatic carbocycles. The summed E-state index contributed by atoms with van der Waals surface area (Å²) in [5.41, 5.74) is 0. The molecule has 0 N–H and O–H groups in total. The predicted octanol–water partition coefficient (Wildman–Crippen LogP) is 2.80. The van der Waals surface area contributed by atoms with Crippen molar-refractivity contribution in [2.45, 2.75) is 58.3 Å². The number of ether oxygens (including phenoxy) is 2. The molecule has 1 rings (SSSR count). The van der Waals surface area contributed by atoms with Gasteiger partial charge in [-0.25, -0.2) is 0 Å². The molecule has 1 heterocycles. The Hall–Kier alpha value is -0.830. The fourth-order valence-electron chi connectivity index (χ4n) is 1.66. The molecule has 0 spiro atoms. The normalized spacial score (nSPS) is 26.0. The standard InChI is InChI=1S/C12H20O3/c1-3-4-7-11-8-5-6-9-12(15-11)14-10(2)13/h5-6,11-12H,3-4,7-9H2,1-2H3. The summed E-state index contributed by atoms with van der Waals surface area (Å²) in [6, 6.07) is 0. The first-order valence-electron chi connectivity index (χ1n) is 5.70. The summed E-state index contributed by atoms with van der Waals surface area (Å²) in [7, 11) is 0. The first-order chi connectivity index (χ1) is 7.22. The van der Waals surface area contributed by atoms with Gasteiger partial charge in [0.1, 0.15) is 0 Å². The third-order valence-electron chi connectivity index (χ3n) is 2.42. The van der Waals surface area contributed by atoms with E-state index in [1.807, 2.05) is 6.08 Å². The van der Waals surface area contributed by atoms with Crippen molar-refractivity contribution in [1.29, 1.82) is 0 Å². The molecule has 1 aliphatic heterocycles. The van der Waals surface area contributed by atoms with E-state index in [9.17, 15) is 4.79 Å². The van der Waals surface area contributed by atoms with Crippen LogP contribution in [0.4, 0.5) is 0 Å². The summed E-state index contributed by atoms with van der Waals surface area (Å²) in [5.74, 6) is -0.274. The molecule has 2 unspecified atom stereocenters. The number of carbonyl (C=O) groups is 1. The molecular formula is C12H20O3. The minimum absolute atomic E-state index is 0.202. The highest BCUT2D eigenvalue weighted by Crippen LogP contribution is 2.18. The molecule has 0 bridgehead atoms. The van der Waals surface area contributed by atoms with E-state index in [-0.39, 0.29) is 18.4 Å². The molecule has 15 heavy (non-hydrogen) atoms. The topological polar surface area (TPSA) is 35.5 Å². The highest BCUT2D eigenvalue weighted by Gasteiger charge is 2.19. The van der Waals surface area contributed by atoms with Crippen LogP contribution in [0.15, 0.2) is 12.2 Å². The van der Waals surface area contributed by atoms with Crippen molar-refractivity contribution in [2.75, 3.05) is 0 Å². The van der Waals surface area contributed by atoms with Gasteiger partial charge in [0.25, 0.3) is 0 Å². The summed E-state index contributed by atoms with van der Waals surface area (Å²) in [4.78, 5) is 10.8. The molecule has 0 radical (unpaired) electrons. The molecule has 0 aromatic rings. The van der Waals surface area contributed by atoms with Crippen molar-refractivity contribution < 1.29 is 14.3 Å².